The van der Waals surface area contributed by atoms with E-state index in [1.54, 1.807) is 54.6 Å². The lowest BCUT2D eigenvalue weighted by atomic mass is 10.1. The summed E-state index contributed by atoms with van der Waals surface area (Å²) in [5.41, 5.74) is 2.10. The molecule has 0 saturated heterocycles. The first-order valence-electron chi connectivity index (χ1n) is 10.8. The van der Waals surface area contributed by atoms with Crippen LogP contribution < -0.4 is 19.5 Å². The third-order valence-corrected chi connectivity index (χ3v) is 4.91. The van der Waals surface area contributed by atoms with Gasteiger partial charge in [-0.1, -0.05) is 35.9 Å². The highest BCUT2D eigenvalue weighted by atomic mass is 35.5. The van der Waals surface area contributed by atoms with Crippen LogP contribution in [0.25, 0.3) is 6.08 Å². The normalized spacial score (nSPS) is 10.8. The van der Waals surface area contributed by atoms with Crippen LogP contribution in [0.2, 0.25) is 5.02 Å². The first-order valence-corrected chi connectivity index (χ1v) is 11.2. The second-order valence-electron chi connectivity index (χ2n) is 7.14. The smallest absolute Gasteiger partial charge is 0.266 e. The molecule has 0 aliphatic rings. The van der Waals surface area contributed by atoms with Gasteiger partial charge in [-0.2, -0.15) is 5.26 Å². The van der Waals surface area contributed by atoms with E-state index in [1.165, 1.54) is 6.08 Å². The number of carbonyl (C=O) groups is 1. The summed E-state index contributed by atoms with van der Waals surface area (Å²) in [6, 6.07) is 21.6. The Labute approximate surface area is 204 Å². The number of halogens is 1. The lowest BCUT2D eigenvalue weighted by Crippen LogP contribution is -2.13. The summed E-state index contributed by atoms with van der Waals surface area (Å²) in [7, 11) is 0. The van der Waals surface area contributed by atoms with Crippen molar-refractivity contribution in [1.82, 2.24) is 0 Å². The standard InChI is InChI=1S/C27H25ClN2O4/c1-3-32-24-7-5-6-23(16-24)30-27(31)21(17-29)14-20-10-13-25(26(15-20)33-4-2)34-18-19-8-11-22(28)12-9-19/h5-16H,3-4,18H2,1-2H3,(H,30,31)/b21-14-. The number of amides is 1. The number of ether oxygens (including phenoxy) is 3. The molecule has 0 aromatic heterocycles. The van der Waals surface area contributed by atoms with E-state index < -0.39 is 5.91 Å². The highest BCUT2D eigenvalue weighted by Gasteiger charge is 2.12. The Morgan fingerprint density at radius 1 is 0.971 bits per heavy atom. The first-order chi connectivity index (χ1) is 16.5. The summed E-state index contributed by atoms with van der Waals surface area (Å²) in [6.07, 6.45) is 1.51. The lowest BCUT2D eigenvalue weighted by Gasteiger charge is -2.13. The van der Waals surface area contributed by atoms with Crippen LogP contribution in [0.4, 0.5) is 5.69 Å². The molecule has 0 aliphatic heterocycles. The van der Waals surface area contributed by atoms with Gasteiger partial charge in [-0.25, -0.2) is 0 Å². The molecule has 0 spiro atoms. The van der Waals surface area contributed by atoms with Crippen LogP contribution in [-0.4, -0.2) is 19.1 Å². The number of hydrogen-bond acceptors (Lipinski definition) is 5. The van der Waals surface area contributed by atoms with Crippen molar-refractivity contribution in [2.75, 3.05) is 18.5 Å². The van der Waals surface area contributed by atoms with E-state index in [0.29, 0.717) is 53.3 Å². The zero-order valence-corrected chi connectivity index (χ0v) is 19.8. The largest absolute Gasteiger partial charge is 0.494 e. The maximum Gasteiger partial charge on any atom is 0.266 e. The molecule has 0 radical (unpaired) electrons. The Bertz CT molecular complexity index is 1200. The molecule has 7 heteroatoms. The molecule has 6 nitrogen and oxygen atoms in total. The minimum absolute atomic E-state index is 0.0425. The Morgan fingerprint density at radius 2 is 1.74 bits per heavy atom. The van der Waals surface area contributed by atoms with Crippen molar-refractivity contribution in [3.05, 3.63) is 88.5 Å². The topological polar surface area (TPSA) is 80.6 Å². The Balaban J connectivity index is 1.76. The molecule has 34 heavy (non-hydrogen) atoms. The molecule has 3 rings (SSSR count). The van der Waals surface area contributed by atoms with Crippen LogP contribution in [0.3, 0.4) is 0 Å². The van der Waals surface area contributed by atoms with Gasteiger partial charge in [-0.3, -0.25) is 4.79 Å². The highest BCUT2D eigenvalue weighted by molar-refractivity contribution is 6.30. The number of rotatable bonds is 10. The van der Waals surface area contributed by atoms with Gasteiger partial charge in [-0.15, -0.1) is 0 Å². The first kappa shape index (κ1) is 24.7. The van der Waals surface area contributed by atoms with Crippen molar-refractivity contribution in [2.45, 2.75) is 20.5 Å². The van der Waals surface area contributed by atoms with Crippen LogP contribution >= 0.6 is 11.6 Å². The third-order valence-electron chi connectivity index (χ3n) is 4.65. The third kappa shape index (κ3) is 7.03. The van der Waals surface area contributed by atoms with Crippen LogP contribution in [0.5, 0.6) is 17.2 Å². The number of nitrogens with one attached hydrogen (secondary N) is 1. The molecule has 1 amide bonds. The van der Waals surface area contributed by atoms with Gasteiger partial charge in [0.2, 0.25) is 0 Å². The van der Waals surface area contributed by atoms with Crippen LogP contribution in [0, 0.1) is 11.3 Å². The fourth-order valence-corrected chi connectivity index (χ4v) is 3.21. The van der Waals surface area contributed by atoms with E-state index >= 15 is 0 Å². The minimum Gasteiger partial charge on any atom is -0.494 e. The van der Waals surface area contributed by atoms with Crippen molar-refractivity contribution in [3.8, 4) is 23.3 Å². The van der Waals surface area contributed by atoms with Crippen molar-refractivity contribution < 1.29 is 19.0 Å². The summed E-state index contributed by atoms with van der Waals surface area (Å²) < 4.78 is 17.1. The predicted octanol–water partition coefficient (Wildman–Crippen LogP) is 6.26. The SMILES string of the molecule is CCOc1cccc(NC(=O)/C(C#N)=C\c2ccc(OCc3ccc(Cl)cc3)c(OCC)c2)c1. The molecular formula is C27H25ClN2O4. The number of hydrogen-bond donors (Lipinski definition) is 1. The number of nitriles is 1. The zero-order valence-electron chi connectivity index (χ0n) is 19.0. The summed E-state index contributed by atoms with van der Waals surface area (Å²) in [5.74, 6) is 1.20. The molecule has 1 N–H and O–H groups in total. The number of nitrogens with zero attached hydrogens (tertiary/aromatic N) is 1. The van der Waals surface area contributed by atoms with Gasteiger partial charge in [0, 0.05) is 16.8 Å². The van der Waals surface area contributed by atoms with Gasteiger partial charge < -0.3 is 19.5 Å². The van der Waals surface area contributed by atoms with E-state index in [2.05, 4.69) is 5.32 Å². The summed E-state index contributed by atoms with van der Waals surface area (Å²) in [5, 5.41) is 13.0. The Hall–Kier alpha value is -3.95. The minimum atomic E-state index is -0.517. The second-order valence-corrected chi connectivity index (χ2v) is 7.58. The van der Waals surface area contributed by atoms with Gasteiger partial charge in [0.1, 0.15) is 24.0 Å². The van der Waals surface area contributed by atoms with Gasteiger partial charge in [-0.05, 0) is 67.4 Å². The van der Waals surface area contributed by atoms with Crippen molar-refractivity contribution in [3.63, 3.8) is 0 Å². The quantitative estimate of drug-likeness (QED) is 0.276. The maximum atomic E-state index is 12.7. The van der Waals surface area contributed by atoms with Crippen molar-refractivity contribution >= 4 is 29.3 Å². The summed E-state index contributed by atoms with van der Waals surface area (Å²) in [6.45, 7) is 5.05. The monoisotopic (exact) mass is 476 g/mol. The number of benzene rings is 3. The Morgan fingerprint density at radius 3 is 2.44 bits per heavy atom. The lowest BCUT2D eigenvalue weighted by molar-refractivity contribution is -0.112. The van der Waals surface area contributed by atoms with Gasteiger partial charge in [0.05, 0.1) is 13.2 Å². The zero-order chi connectivity index (χ0) is 24.3. The summed E-state index contributed by atoms with van der Waals surface area (Å²) >= 11 is 5.93. The van der Waals surface area contributed by atoms with Crippen LogP contribution in [0.15, 0.2) is 72.3 Å². The van der Waals surface area contributed by atoms with Gasteiger partial charge in [0.25, 0.3) is 5.91 Å². The average molecular weight is 477 g/mol. The molecule has 0 heterocycles. The molecule has 0 unspecified atom stereocenters. The highest BCUT2D eigenvalue weighted by Crippen LogP contribution is 2.30. The van der Waals surface area contributed by atoms with E-state index in [9.17, 15) is 10.1 Å². The summed E-state index contributed by atoms with van der Waals surface area (Å²) in [4.78, 5) is 12.7. The van der Waals surface area contributed by atoms with E-state index in [0.717, 1.165) is 5.56 Å². The number of anilines is 1. The van der Waals surface area contributed by atoms with E-state index in [4.69, 9.17) is 25.8 Å². The van der Waals surface area contributed by atoms with E-state index in [-0.39, 0.29) is 5.57 Å². The molecule has 0 saturated carbocycles. The van der Waals surface area contributed by atoms with Crippen molar-refractivity contribution in [1.29, 1.82) is 5.26 Å². The fourth-order valence-electron chi connectivity index (χ4n) is 3.09. The molecular weight excluding hydrogens is 452 g/mol. The maximum absolute atomic E-state index is 12.7. The molecule has 174 valence electrons. The number of carbonyl (C=O) groups excluding carboxylic acids is 1. The average Bonchev–Trinajstić information content (AvgIpc) is 2.83. The molecule has 0 atom stereocenters. The molecule has 0 aliphatic carbocycles. The predicted molar refractivity (Wildman–Crippen MR) is 133 cm³/mol. The molecule has 3 aromatic carbocycles. The van der Waals surface area contributed by atoms with Crippen molar-refractivity contribution in [2.24, 2.45) is 0 Å². The fraction of sp³-hybridized carbons (Fsp3) is 0.185. The molecule has 0 fully saturated rings. The van der Waals surface area contributed by atoms with Crippen LogP contribution in [-0.2, 0) is 11.4 Å². The van der Waals surface area contributed by atoms with Gasteiger partial charge in [0.15, 0.2) is 11.5 Å². The second kappa shape index (κ2) is 12.3. The Kier molecular flexibility index (Phi) is 8.96. The molecule has 0 bridgehead atoms. The van der Waals surface area contributed by atoms with Gasteiger partial charge >= 0.3 is 0 Å². The molecule has 3 aromatic rings. The van der Waals surface area contributed by atoms with Crippen LogP contribution in [0.1, 0.15) is 25.0 Å². The van der Waals surface area contributed by atoms with E-state index in [1.807, 2.05) is 32.0 Å².